The number of carbonyl (C=O) groups excluding carboxylic acids is 1. The van der Waals surface area contributed by atoms with Crippen molar-refractivity contribution >= 4 is 19.6 Å². The van der Waals surface area contributed by atoms with Crippen LogP contribution in [-0.2, 0) is 0 Å². The summed E-state index contributed by atoms with van der Waals surface area (Å²) in [5, 5.41) is 0. The molecule has 1 aromatic rings. The van der Waals surface area contributed by atoms with Crippen LogP contribution >= 0.6 is 0 Å². The second kappa shape index (κ2) is 4.29. The van der Waals surface area contributed by atoms with Crippen molar-refractivity contribution in [1.29, 1.82) is 0 Å². The summed E-state index contributed by atoms with van der Waals surface area (Å²) < 4.78 is 5.24. The van der Waals surface area contributed by atoms with Gasteiger partial charge in [0.1, 0.15) is 0 Å². The number of benzene rings is 1. The molecule has 1 aromatic carbocycles. The Balaban J connectivity index is 3.04. The first-order valence-corrected chi connectivity index (χ1v) is 6.08. The molecule has 1 rings (SSSR count). The quantitative estimate of drug-likeness (QED) is 0.735. The molecule has 0 aliphatic heterocycles. The van der Waals surface area contributed by atoms with Gasteiger partial charge in [-0.05, 0) is 0 Å². The van der Waals surface area contributed by atoms with Crippen molar-refractivity contribution in [2.75, 3.05) is 7.11 Å². The molecule has 2 nitrogen and oxygen atoms in total. The molecular weight excluding hydrogens is 219 g/mol. The third kappa shape index (κ3) is 1.87. The molecule has 0 bridgehead atoms. The van der Waals surface area contributed by atoms with E-state index in [9.17, 15) is 4.79 Å². The zero-order valence-electron chi connectivity index (χ0n) is 7.03. The van der Waals surface area contributed by atoms with Crippen molar-refractivity contribution in [3.63, 3.8) is 0 Å². The van der Waals surface area contributed by atoms with Crippen LogP contribution in [0.3, 0.4) is 0 Å². The zero-order chi connectivity index (χ0) is 8.97. The van der Waals surface area contributed by atoms with Gasteiger partial charge in [-0.1, -0.05) is 0 Å². The van der Waals surface area contributed by atoms with Gasteiger partial charge < -0.3 is 0 Å². The molecule has 0 aliphatic rings. The molecule has 12 heavy (non-hydrogen) atoms. The normalized spacial score (nSPS) is 9.50. The third-order valence-corrected chi connectivity index (χ3v) is 2.75. The summed E-state index contributed by atoms with van der Waals surface area (Å²) in [5.74, 6) is 2.58. The van der Waals surface area contributed by atoms with Gasteiger partial charge in [0, 0.05) is 0 Å². The molecule has 0 heterocycles. The number of ether oxygens (including phenoxy) is 1. The predicted octanol–water partition coefficient (Wildman–Crippen LogP) is 1.59. The molecule has 0 saturated carbocycles. The van der Waals surface area contributed by atoms with Crippen LogP contribution in [0.25, 0.3) is 0 Å². The fraction of sp³-hybridized carbons (Fsp3) is 0.222. The molecule has 0 amide bonds. The standard InChI is InChI=1S/C9H10O2Se/c1-11-8-6-4-3-5-7(8)9(10)12-2/h3-6H,1-2H3. The van der Waals surface area contributed by atoms with Crippen LogP contribution < -0.4 is 4.74 Å². The Hall–Kier alpha value is -0.791. The number of methoxy groups -OCH3 is 1. The van der Waals surface area contributed by atoms with Crippen molar-refractivity contribution in [3.05, 3.63) is 29.8 Å². The molecule has 3 heteroatoms. The molecule has 0 radical (unpaired) electrons. The van der Waals surface area contributed by atoms with E-state index in [0.717, 1.165) is 0 Å². The van der Waals surface area contributed by atoms with E-state index >= 15 is 0 Å². The van der Waals surface area contributed by atoms with E-state index in [1.807, 2.05) is 18.0 Å². The molecular formula is C9H10O2Se. The third-order valence-electron chi connectivity index (χ3n) is 1.51. The Morgan fingerprint density at radius 3 is 2.67 bits per heavy atom. The summed E-state index contributed by atoms with van der Waals surface area (Å²) in [7, 11) is 1.58. The fourth-order valence-corrected chi connectivity index (χ4v) is 1.74. The number of hydrogen-bond acceptors (Lipinski definition) is 2. The average molecular weight is 229 g/mol. The van der Waals surface area contributed by atoms with Crippen LogP contribution in [-0.4, -0.2) is 26.7 Å². The van der Waals surface area contributed by atoms with Gasteiger partial charge in [0.2, 0.25) is 0 Å². The van der Waals surface area contributed by atoms with Gasteiger partial charge in [-0.3, -0.25) is 0 Å². The van der Waals surface area contributed by atoms with Crippen LogP contribution in [0.4, 0.5) is 0 Å². The summed E-state index contributed by atoms with van der Waals surface area (Å²) >= 11 is 0.00856. The average Bonchev–Trinajstić information content (AvgIpc) is 2.16. The van der Waals surface area contributed by atoms with Gasteiger partial charge >= 0.3 is 77.7 Å². The van der Waals surface area contributed by atoms with Gasteiger partial charge in [0.25, 0.3) is 0 Å². The predicted molar refractivity (Wildman–Crippen MR) is 48.9 cm³/mol. The summed E-state index contributed by atoms with van der Waals surface area (Å²) in [6.45, 7) is 0. The van der Waals surface area contributed by atoms with Crippen LogP contribution in [0, 0.1) is 0 Å². The van der Waals surface area contributed by atoms with Crippen molar-refractivity contribution in [3.8, 4) is 5.75 Å². The Morgan fingerprint density at radius 1 is 1.42 bits per heavy atom. The molecule has 0 N–H and O–H groups in total. The maximum atomic E-state index is 11.3. The molecule has 0 fully saturated rings. The van der Waals surface area contributed by atoms with Crippen molar-refractivity contribution in [2.24, 2.45) is 0 Å². The Kier molecular flexibility index (Phi) is 3.32. The molecule has 0 saturated heterocycles. The minimum absolute atomic E-state index is 0.00856. The summed E-state index contributed by atoms with van der Waals surface area (Å²) in [6.07, 6.45) is 0. The maximum absolute atomic E-state index is 11.3. The van der Waals surface area contributed by atoms with Gasteiger partial charge in [0.05, 0.1) is 0 Å². The Labute approximate surface area is 78.1 Å². The summed E-state index contributed by atoms with van der Waals surface area (Å²) in [5.41, 5.74) is 0.697. The first kappa shape index (κ1) is 9.30. The zero-order valence-corrected chi connectivity index (χ0v) is 8.75. The van der Waals surface area contributed by atoms with Crippen LogP contribution in [0.15, 0.2) is 24.3 Å². The SMILES string of the molecule is COc1ccccc1C(=O)[Se]C. The topological polar surface area (TPSA) is 26.3 Å². The van der Waals surface area contributed by atoms with Gasteiger partial charge in [-0.25, -0.2) is 0 Å². The van der Waals surface area contributed by atoms with E-state index in [-0.39, 0.29) is 19.6 Å². The second-order valence-corrected chi connectivity index (χ2v) is 3.83. The number of rotatable bonds is 3. The van der Waals surface area contributed by atoms with E-state index in [2.05, 4.69) is 0 Å². The van der Waals surface area contributed by atoms with E-state index < -0.39 is 0 Å². The Morgan fingerprint density at radius 2 is 2.08 bits per heavy atom. The Bertz CT molecular complexity index is 284. The summed E-state index contributed by atoms with van der Waals surface area (Å²) in [6, 6.07) is 7.31. The first-order valence-electron chi connectivity index (χ1n) is 3.51. The minimum atomic E-state index is 0.00856. The van der Waals surface area contributed by atoms with Gasteiger partial charge in [-0.2, -0.15) is 0 Å². The van der Waals surface area contributed by atoms with E-state index in [0.29, 0.717) is 11.3 Å². The molecule has 64 valence electrons. The monoisotopic (exact) mass is 230 g/mol. The molecule has 0 aromatic heterocycles. The number of hydrogen-bond donors (Lipinski definition) is 0. The van der Waals surface area contributed by atoms with Gasteiger partial charge in [-0.15, -0.1) is 0 Å². The van der Waals surface area contributed by atoms with E-state index in [4.69, 9.17) is 4.74 Å². The second-order valence-electron chi connectivity index (χ2n) is 2.19. The van der Waals surface area contributed by atoms with Crippen LogP contribution in [0.1, 0.15) is 10.4 Å². The summed E-state index contributed by atoms with van der Waals surface area (Å²) in [4.78, 5) is 11.3. The van der Waals surface area contributed by atoms with Crippen LogP contribution in [0.2, 0.25) is 5.82 Å². The van der Waals surface area contributed by atoms with E-state index in [1.165, 1.54) is 0 Å². The molecule has 0 aliphatic carbocycles. The van der Waals surface area contributed by atoms with Crippen LogP contribution in [0.5, 0.6) is 5.75 Å². The van der Waals surface area contributed by atoms with Crippen molar-refractivity contribution in [2.45, 2.75) is 5.82 Å². The van der Waals surface area contributed by atoms with Crippen molar-refractivity contribution in [1.82, 2.24) is 0 Å². The molecule has 0 spiro atoms. The number of para-hydroxylation sites is 1. The van der Waals surface area contributed by atoms with Crippen molar-refractivity contribution < 1.29 is 9.53 Å². The molecule has 0 atom stereocenters. The van der Waals surface area contributed by atoms with E-state index in [1.54, 1.807) is 19.2 Å². The first-order chi connectivity index (χ1) is 5.79. The fourth-order valence-electron chi connectivity index (χ4n) is 0.923. The molecule has 0 unspecified atom stereocenters. The van der Waals surface area contributed by atoms with Gasteiger partial charge in [0.15, 0.2) is 0 Å². The number of carbonyl (C=O) groups is 1.